The molecule has 1 aliphatic carbocycles. The van der Waals surface area contributed by atoms with Crippen molar-refractivity contribution in [3.63, 3.8) is 0 Å². The van der Waals surface area contributed by atoms with E-state index in [0.717, 1.165) is 24.8 Å². The molecular weight excluding hydrogens is 268 g/mol. The normalized spacial score (nSPS) is 18.8. The Kier molecular flexibility index (Phi) is 8.24. The largest absolute Gasteiger partial charge is 0.469 e. The molecule has 0 aromatic heterocycles. The zero-order chi connectivity index (χ0) is 15.7. The van der Waals surface area contributed by atoms with Crippen LogP contribution in [0.5, 0.6) is 0 Å². The molecule has 0 amide bonds. The lowest BCUT2D eigenvalue weighted by molar-refractivity contribution is -0.145. The van der Waals surface area contributed by atoms with Crippen molar-refractivity contribution >= 4 is 5.97 Å². The smallest absolute Gasteiger partial charge is 0.329 e. The van der Waals surface area contributed by atoms with E-state index in [-0.39, 0.29) is 17.8 Å². The van der Waals surface area contributed by atoms with Crippen LogP contribution >= 0.6 is 0 Å². The number of rotatable bonds is 8. The number of ether oxygens (including phenoxy) is 2. The van der Waals surface area contributed by atoms with Gasteiger partial charge < -0.3 is 9.47 Å². The van der Waals surface area contributed by atoms with Crippen LogP contribution < -0.4 is 0 Å². The summed E-state index contributed by atoms with van der Waals surface area (Å²) < 4.78 is 9.78. The number of carbonyl (C=O) groups excluding carboxylic acids is 1. The maximum Gasteiger partial charge on any atom is 0.329 e. The lowest BCUT2D eigenvalue weighted by atomic mass is 9.82. The molecule has 0 bridgehead atoms. The van der Waals surface area contributed by atoms with Gasteiger partial charge in [0.15, 0.2) is 0 Å². The van der Waals surface area contributed by atoms with Gasteiger partial charge in [0.1, 0.15) is 0 Å². The van der Waals surface area contributed by atoms with Crippen LogP contribution in [0.2, 0.25) is 0 Å². The first-order chi connectivity index (χ1) is 10.1. The van der Waals surface area contributed by atoms with E-state index in [9.17, 15) is 9.90 Å². The molecule has 1 fully saturated rings. The summed E-state index contributed by atoms with van der Waals surface area (Å²) in [6, 6.07) is 0. The van der Waals surface area contributed by atoms with Crippen molar-refractivity contribution in [1.82, 2.24) is 0 Å². The van der Waals surface area contributed by atoms with Crippen molar-refractivity contribution in [2.24, 2.45) is 11.8 Å². The van der Waals surface area contributed by atoms with Crippen LogP contribution in [0.3, 0.4) is 0 Å². The van der Waals surface area contributed by atoms with Gasteiger partial charge in [-0.3, -0.25) is 4.79 Å². The predicted molar refractivity (Wildman–Crippen MR) is 80.9 cm³/mol. The predicted octanol–water partition coefficient (Wildman–Crippen LogP) is 4.22. The average molecular weight is 297 g/mol. The highest BCUT2D eigenvalue weighted by molar-refractivity contribution is 5.72. The third-order valence-electron chi connectivity index (χ3n) is 4.40. The Balaban J connectivity index is 2.74. The van der Waals surface area contributed by atoms with Crippen LogP contribution in [-0.2, 0) is 19.4 Å². The molecule has 1 unspecified atom stereocenters. The molecule has 21 heavy (non-hydrogen) atoms. The van der Waals surface area contributed by atoms with Gasteiger partial charge in [-0.1, -0.05) is 45.4 Å². The molecule has 4 nitrogen and oxygen atoms in total. The molecular formula is C17H29O4. The van der Waals surface area contributed by atoms with Crippen LogP contribution in [0.25, 0.3) is 0 Å². The van der Waals surface area contributed by atoms with E-state index in [0.29, 0.717) is 12.3 Å². The summed E-state index contributed by atoms with van der Waals surface area (Å²) in [5, 5.41) is 12.0. The Hall–Kier alpha value is -1.19. The zero-order valence-electron chi connectivity index (χ0n) is 13.7. The van der Waals surface area contributed by atoms with Gasteiger partial charge in [-0.05, 0) is 25.2 Å². The summed E-state index contributed by atoms with van der Waals surface area (Å²) in [4.78, 5) is 11.9. The lowest BCUT2D eigenvalue weighted by Crippen LogP contribution is -2.19. The second kappa shape index (κ2) is 9.69. The first-order valence-electron chi connectivity index (χ1n) is 8.13. The average Bonchev–Trinajstić information content (AvgIpc) is 2.53. The summed E-state index contributed by atoms with van der Waals surface area (Å²) in [7, 11) is 2.82. The molecule has 1 atom stereocenters. The van der Waals surface area contributed by atoms with E-state index in [1.54, 1.807) is 0 Å². The van der Waals surface area contributed by atoms with Crippen LogP contribution in [0.15, 0.2) is 11.5 Å². The van der Waals surface area contributed by atoms with E-state index in [4.69, 9.17) is 9.47 Å². The molecule has 0 N–H and O–H groups in total. The minimum Gasteiger partial charge on any atom is -0.469 e. The zero-order valence-corrected chi connectivity index (χ0v) is 13.7. The third-order valence-corrected chi connectivity index (χ3v) is 4.40. The molecule has 1 rings (SSSR count). The molecule has 0 aromatic carbocycles. The van der Waals surface area contributed by atoms with Gasteiger partial charge >= 0.3 is 11.9 Å². The maximum atomic E-state index is 12.0. The number of esters is 1. The molecule has 1 radical (unpaired) electrons. The van der Waals surface area contributed by atoms with Gasteiger partial charge in [-0.2, -0.15) is 0 Å². The van der Waals surface area contributed by atoms with Crippen LogP contribution in [-0.4, -0.2) is 20.2 Å². The van der Waals surface area contributed by atoms with Gasteiger partial charge in [0.25, 0.3) is 0 Å². The number of hydrogen-bond acceptors (Lipinski definition) is 3. The standard InChI is InChI=1S/C17H29O4/c1-4-8-14(16(18)20-2)12-15(17(19)21-3)11-13-9-6-5-7-10-13/h13-14H,4-12H2,1-3H3. The van der Waals surface area contributed by atoms with Crippen molar-refractivity contribution in [3.8, 4) is 0 Å². The monoisotopic (exact) mass is 297 g/mol. The van der Waals surface area contributed by atoms with Crippen molar-refractivity contribution < 1.29 is 19.4 Å². The Morgan fingerprint density at radius 2 is 1.81 bits per heavy atom. The number of allylic oxidation sites excluding steroid dienone is 1. The number of hydrogen-bond donors (Lipinski definition) is 0. The summed E-state index contributed by atoms with van der Waals surface area (Å²) >= 11 is 0. The van der Waals surface area contributed by atoms with Crippen molar-refractivity contribution in [1.29, 1.82) is 0 Å². The Morgan fingerprint density at radius 1 is 1.14 bits per heavy atom. The number of methoxy groups -OCH3 is 2. The second-order valence-corrected chi connectivity index (χ2v) is 6.02. The van der Waals surface area contributed by atoms with Gasteiger partial charge in [0.05, 0.1) is 20.1 Å². The summed E-state index contributed by atoms with van der Waals surface area (Å²) in [6.45, 7) is 2.04. The Bertz CT molecular complexity index is 343. The molecule has 0 aliphatic heterocycles. The fraction of sp³-hybridized carbons (Fsp3) is 0.824. The molecule has 0 heterocycles. The second-order valence-electron chi connectivity index (χ2n) is 6.02. The molecule has 4 heteroatoms. The minimum absolute atomic E-state index is 0.220. The molecule has 0 spiro atoms. The molecule has 121 valence electrons. The van der Waals surface area contributed by atoms with E-state index in [1.807, 2.05) is 6.92 Å². The topological polar surface area (TPSA) is 55.4 Å². The fourth-order valence-electron chi connectivity index (χ4n) is 3.25. The summed E-state index contributed by atoms with van der Waals surface area (Å²) in [6.07, 6.45) is 9.03. The molecule has 1 saturated carbocycles. The lowest BCUT2D eigenvalue weighted by Gasteiger charge is -2.24. The first kappa shape index (κ1) is 17.9. The van der Waals surface area contributed by atoms with Crippen molar-refractivity contribution in [3.05, 3.63) is 11.5 Å². The van der Waals surface area contributed by atoms with Crippen LogP contribution in [0.1, 0.15) is 64.7 Å². The molecule has 1 aliphatic rings. The van der Waals surface area contributed by atoms with Gasteiger partial charge in [0, 0.05) is 5.57 Å². The quantitative estimate of drug-likeness (QED) is 0.498. The van der Waals surface area contributed by atoms with Crippen LogP contribution in [0.4, 0.5) is 0 Å². The highest BCUT2D eigenvalue weighted by Crippen LogP contribution is 2.33. The van der Waals surface area contributed by atoms with E-state index in [1.165, 1.54) is 46.3 Å². The highest BCUT2D eigenvalue weighted by Gasteiger charge is 2.25. The van der Waals surface area contributed by atoms with Crippen molar-refractivity contribution in [2.75, 3.05) is 14.2 Å². The van der Waals surface area contributed by atoms with Crippen LogP contribution in [0, 0.1) is 11.8 Å². The van der Waals surface area contributed by atoms with Gasteiger partial charge in [-0.25, -0.2) is 5.11 Å². The molecule has 0 saturated heterocycles. The van der Waals surface area contributed by atoms with Gasteiger partial charge in [0.2, 0.25) is 0 Å². The fourth-order valence-corrected chi connectivity index (χ4v) is 3.25. The van der Waals surface area contributed by atoms with E-state index < -0.39 is 0 Å². The number of carbonyl (C=O) groups is 1. The van der Waals surface area contributed by atoms with E-state index in [2.05, 4.69) is 0 Å². The minimum atomic E-state index is -0.259. The third kappa shape index (κ3) is 5.98. The Morgan fingerprint density at radius 3 is 2.33 bits per heavy atom. The SMILES string of the molecule is CCCC(CC(CC1CCCCC1)=C([O])OC)C(=O)OC. The summed E-state index contributed by atoms with van der Waals surface area (Å²) in [5.41, 5.74) is 0.758. The maximum absolute atomic E-state index is 12.0. The van der Waals surface area contributed by atoms with Gasteiger partial charge in [-0.15, -0.1) is 0 Å². The van der Waals surface area contributed by atoms with E-state index >= 15 is 0 Å². The highest BCUT2D eigenvalue weighted by atomic mass is 16.6. The van der Waals surface area contributed by atoms with Crippen molar-refractivity contribution in [2.45, 2.75) is 64.7 Å². The summed E-state index contributed by atoms with van der Waals surface area (Å²) in [5.74, 6) is -0.141. The molecule has 0 aromatic rings. The Labute approximate surface area is 128 Å². The first-order valence-corrected chi connectivity index (χ1v) is 8.13.